The van der Waals surface area contributed by atoms with Gasteiger partial charge in [-0.15, -0.1) is 5.10 Å². The van der Waals surface area contributed by atoms with Crippen LogP contribution in [-0.2, 0) is 5.54 Å². The summed E-state index contributed by atoms with van der Waals surface area (Å²) in [7, 11) is 5.69. The molecule has 1 saturated heterocycles. The first-order chi connectivity index (χ1) is 14.0. The lowest BCUT2D eigenvalue weighted by Gasteiger charge is -2.35. The third-order valence-corrected chi connectivity index (χ3v) is 6.29. The number of rotatable bonds is 5. The molecule has 9 nitrogen and oxygen atoms in total. The first-order valence-electron chi connectivity index (χ1n) is 10.2. The number of carbonyl (C=O) groups excluding carboxylic acids is 1. The van der Waals surface area contributed by atoms with Gasteiger partial charge in [-0.25, -0.2) is 9.48 Å². The second kappa shape index (κ2) is 7.98. The van der Waals surface area contributed by atoms with E-state index in [1.165, 1.54) is 12.8 Å². The monoisotopic (exact) mass is 399 g/mol. The minimum Gasteiger partial charge on any atom is -0.497 e. The Kier molecular flexibility index (Phi) is 5.40. The molecule has 4 rings (SSSR count). The van der Waals surface area contributed by atoms with Gasteiger partial charge in [0.1, 0.15) is 11.3 Å². The van der Waals surface area contributed by atoms with Gasteiger partial charge in [-0.3, -0.25) is 4.90 Å². The van der Waals surface area contributed by atoms with Crippen molar-refractivity contribution in [2.24, 2.45) is 0 Å². The molecule has 0 bridgehead atoms. The van der Waals surface area contributed by atoms with Gasteiger partial charge in [0.2, 0.25) is 0 Å². The fourth-order valence-corrected chi connectivity index (χ4v) is 4.51. The maximum atomic E-state index is 12.9. The highest BCUT2D eigenvalue weighted by Gasteiger charge is 2.48. The number of anilines is 1. The molecule has 1 aliphatic carbocycles. The average molecular weight is 399 g/mol. The predicted octanol–water partition coefficient (Wildman–Crippen LogP) is 2.49. The van der Waals surface area contributed by atoms with Crippen LogP contribution in [-0.4, -0.2) is 70.3 Å². The summed E-state index contributed by atoms with van der Waals surface area (Å²) in [5.74, 6) is 1.58. The van der Waals surface area contributed by atoms with E-state index in [-0.39, 0.29) is 6.03 Å². The average Bonchev–Trinajstić information content (AvgIpc) is 3.47. The minimum atomic E-state index is -0.391. The second-order valence-corrected chi connectivity index (χ2v) is 8.15. The minimum absolute atomic E-state index is 0.123. The summed E-state index contributed by atoms with van der Waals surface area (Å²) in [5, 5.41) is 15.7. The largest absolute Gasteiger partial charge is 0.497 e. The molecule has 1 saturated carbocycles. The van der Waals surface area contributed by atoms with Crippen LogP contribution in [0.2, 0.25) is 0 Å². The van der Waals surface area contributed by atoms with Crippen molar-refractivity contribution in [1.82, 2.24) is 30.0 Å². The lowest BCUT2D eigenvalue weighted by Crippen LogP contribution is -2.47. The molecule has 1 unspecified atom stereocenters. The number of nitrogens with one attached hydrogen (secondary N) is 1. The first kappa shape index (κ1) is 19.6. The summed E-state index contributed by atoms with van der Waals surface area (Å²) in [6.07, 6.45) is 5.45. The van der Waals surface area contributed by atoms with Crippen LogP contribution in [0.4, 0.5) is 10.5 Å². The van der Waals surface area contributed by atoms with Crippen LogP contribution in [0.1, 0.15) is 44.0 Å². The molecule has 2 heterocycles. The van der Waals surface area contributed by atoms with E-state index in [9.17, 15) is 4.79 Å². The number of ether oxygens (including phenoxy) is 1. The van der Waals surface area contributed by atoms with E-state index < -0.39 is 5.54 Å². The van der Waals surface area contributed by atoms with Gasteiger partial charge in [0, 0.05) is 24.8 Å². The van der Waals surface area contributed by atoms with Gasteiger partial charge in [0.25, 0.3) is 0 Å². The van der Waals surface area contributed by atoms with Crippen LogP contribution in [0.25, 0.3) is 0 Å². The molecule has 0 radical (unpaired) electrons. The second-order valence-electron chi connectivity index (χ2n) is 8.15. The smallest absolute Gasteiger partial charge is 0.321 e. The summed E-state index contributed by atoms with van der Waals surface area (Å²) in [6.45, 7) is 1.19. The molecule has 2 fully saturated rings. The Morgan fingerprint density at radius 2 is 2.10 bits per heavy atom. The topological polar surface area (TPSA) is 88.4 Å². The van der Waals surface area contributed by atoms with Crippen LogP contribution in [0, 0.1) is 0 Å². The Hall–Kier alpha value is -2.68. The number of aromatic nitrogens is 4. The van der Waals surface area contributed by atoms with Gasteiger partial charge in [0.05, 0.1) is 13.2 Å². The van der Waals surface area contributed by atoms with Crippen LogP contribution in [0.15, 0.2) is 24.3 Å². The molecular weight excluding hydrogens is 370 g/mol. The van der Waals surface area contributed by atoms with Gasteiger partial charge in [-0.1, -0.05) is 18.9 Å². The zero-order valence-corrected chi connectivity index (χ0v) is 17.3. The van der Waals surface area contributed by atoms with Crippen LogP contribution in [0.3, 0.4) is 0 Å². The van der Waals surface area contributed by atoms with Crippen LogP contribution in [0.5, 0.6) is 5.75 Å². The highest BCUT2D eigenvalue weighted by molar-refractivity contribution is 5.89. The Labute approximate surface area is 171 Å². The van der Waals surface area contributed by atoms with Gasteiger partial charge in [-0.2, -0.15) is 0 Å². The standard InChI is InChI=1S/C20H29N7O2/c1-25(2)20(18-22-23-24-27(18)16-8-4-5-9-16)11-12-26(14-20)19(28)21-15-7-6-10-17(13-15)29-3/h6-7,10,13,16H,4-5,8-9,11-12,14H2,1-3H3,(H,21,28). The highest BCUT2D eigenvalue weighted by atomic mass is 16.5. The summed E-state index contributed by atoms with van der Waals surface area (Å²) in [5.41, 5.74) is 0.324. The van der Waals surface area contributed by atoms with Gasteiger partial charge in [-0.05, 0) is 55.9 Å². The number of hydrogen-bond donors (Lipinski definition) is 1. The third kappa shape index (κ3) is 3.66. The van der Waals surface area contributed by atoms with Crippen molar-refractivity contribution in [3.05, 3.63) is 30.1 Å². The van der Waals surface area contributed by atoms with E-state index in [1.807, 2.05) is 47.9 Å². The Morgan fingerprint density at radius 1 is 1.31 bits per heavy atom. The van der Waals surface area contributed by atoms with E-state index in [2.05, 4.69) is 25.7 Å². The number of tetrazole rings is 1. The number of amides is 2. The molecule has 2 aliphatic rings. The number of nitrogens with zero attached hydrogens (tertiary/aromatic N) is 6. The Bertz CT molecular complexity index is 862. The normalized spacial score (nSPS) is 22.4. The van der Waals surface area contributed by atoms with Crippen molar-refractivity contribution < 1.29 is 9.53 Å². The Balaban J connectivity index is 1.54. The van der Waals surface area contributed by atoms with Crippen molar-refractivity contribution in [1.29, 1.82) is 0 Å². The number of carbonyl (C=O) groups is 1. The van der Waals surface area contributed by atoms with Gasteiger partial charge < -0.3 is 15.0 Å². The van der Waals surface area contributed by atoms with Crippen LogP contribution >= 0.6 is 0 Å². The van der Waals surface area contributed by atoms with E-state index >= 15 is 0 Å². The SMILES string of the molecule is COc1cccc(NC(=O)N2CCC(c3nnnn3C3CCCC3)(N(C)C)C2)c1. The van der Waals surface area contributed by atoms with Gasteiger partial charge in [0.15, 0.2) is 5.82 Å². The van der Waals surface area contributed by atoms with E-state index in [0.717, 1.165) is 25.1 Å². The Morgan fingerprint density at radius 3 is 2.83 bits per heavy atom. The van der Waals surface area contributed by atoms with Crippen molar-refractivity contribution in [2.45, 2.75) is 43.7 Å². The molecule has 2 aromatic rings. The molecular formula is C20H29N7O2. The molecule has 1 atom stereocenters. The predicted molar refractivity (Wildman–Crippen MR) is 109 cm³/mol. The van der Waals surface area contributed by atoms with Crippen molar-refractivity contribution in [2.75, 3.05) is 39.6 Å². The van der Waals surface area contributed by atoms with Gasteiger partial charge >= 0.3 is 6.03 Å². The summed E-state index contributed by atoms with van der Waals surface area (Å²) in [4.78, 5) is 16.9. The molecule has 0 spiro atoms. The molecule has 156 valence electrons. The number of methoxy groups -OCH3 is 1. The van der Waals surface area contributed by atoms with E-state index in [1.54, 1.807) is 7.11 Å². The number of benzene rings is 1. The number of hydrogen-bond acceptors (Lipinski definition) is 6. The zero-order valence-electron chi connectivity index (χ0n) is 17.3. The third-order valence-electron chi connectivity index (χ3n) is 6.29. The lowest BCUT2D eigenvalue weighted by molar-refractivity contribution is 0.137. The highest BCUT2D eigenvalue weighted by Crippen LogP contribution is 2.38. The maximum absolute atomic E-state index is 12.9. The van der Waals surface area contributed by atoms with Crippen molar-refractivity contribution >= 4 is 11.7 Å². The lowest BCUT2D eigenvalue weighted by atomic mass is 9.95. The molecule has 1 N–H and O–H groups in total. The summed E-state index contributed by atoms with van der Waals surface area (Å²) >= 11 is 0. The van der Waals surface area contributed by atoms with E-state index in [4.69, 9.17) is 4.74 Å². The van der Waals surface area contributed by atoms with Crippen molar-refractivity contribution in [3.63, 3.8) is 0 Å². The first-order valence-corrected chi connectivity index (χ1v) is 10.2. The fourth-order valence-electron chi connectivity index (χ4n) is 4.51. The molecule has 1 aromatic carbocycles. The molecule has 2 amide bonds. The quantitative estimate of drug-likeness (QED) is 0.831. The number of likely N-dealkylation sites (N-methyl/N-ethyl adjacent to an activating group) is 1. The van der Waals surface area contributed by atoms with Crippen LogP contribution < -0.4 is 10.1 Å². The number of likely N-dealkylation sites (tertiary alicyclic amines) is 1. The zero-order chi connectivity index (χ0) is 20.4. The maximum Gasteiger partial charge on any atom is 0.321 e. The fraction of sp³-hybridized carbons (Fsp3) is 0.600. The molecule has 1 aliphatic heterocycles. The van der Waals surface area contributed by atoms with Crippen molar-refractivity contribution in [3.8, 4) is 5.75 Å². The molecule has 1 aromatic heterocycles. The summed E-state index contributed by atoms with van der Waals surface area (Å²) in [6, 6.07) is 7.62. The molecule has 29 heavy (non-hydrogen) atoms. The molecule has 9 heteroatoms. The summed E-state index contributed by atoms with van der Waals surface area (Å²) < 4.78 is 7.25. The van der Waals surface area contributed by atoms with E-state index in [0.29, 0.717) is 30.6 Å². The number of urea groups is 1.